The van der Waals surface area contributed by atoms with E-state index in [9.17, 15) is 4.79 Å². The Balaban J connectivity index is 2.72. The van der Waals surface area contributed by atoms with Crippen LogP contribution in [0.4, 0.5) is 0 Å². The lowest BCUT2D eigenvalue weighted by atomic mass is 10.1. The number of carbonyl (C=O) groups is 1. The fraction of sp³-hybridized carbons (Fsp3) is 0.250. The molecular formula is C12H12OS. The van der Waals surface area contributed by atoms with Crippen molar-refractivity contribution in [3.63, 3.8) is 0 Å². The lowest BCUT2D eigenvalue weighted by molar-refractivity contribution is 0.102. The van der Waals surface area contributed by atoms with Crippen LogP contribution in [0.1, 0.15) is 27.7 Å². The van der Waals surface area contributed by atoms with E-state index in [1.54, 1.807) is 18.3 Å². The monoisotopic (exact) mass is 204 g/mol. The third-order valence-corrected chi connectivity index (χ3v) is 3.68. The molecule has 2 rings (SSSR count). The molecule has 2 aromatic rings. The molecule has 72 valence electrons. The Morgan fingerprint density at radius 2 is 1.79 bits per heavy atom. The van der Waals surface area contributed by atoms with Crippen molar-refractivity contribution < 1.29 is 4.79 Å². The summed E-state index contributed by atoms with van der Waals surface area (Å²) in [5.74, 6) is 0.154. The number of aryl methyl sites for hydroxylation is 2. The molecule has 0 aliphatic heterocycles. The molecule has 0 saturated heterocycles. The summed E-state index contributed by atoms with van der Waals surface area (Å²) in [6, 6.07) is 6.28. The van der Waals surface area contributed by atoms with Gasteiger partial charge in [-0.05, 0) is 49.4 Å². The molecule has 2 heteroatoms. The fourth-order valence-electron chi connectivity index (χ4n) is 1.48. The van der Waals surface area contributed by atoms with Crippen LogP contribution in [0.5, 0.6) is 0 Å². The van der Waals surface area contributed by atoms with Gasteiger partial charge in [-0.15, -0.1) is 11.3 Å². The average molecular weight is 204 g/mol. The Labute approximate surface area is 87.4 Å². The van der Waals surface area contributed by atoms with E-state index in [2.05, 4.69) is 26.0 Å². The molecule has 1 heterocycles. The maximum Gasteiger partial charge on any atom is 0.169 e. The highest BCUT2D eigenvalue weighted by Gasteiger charge is 2.06. The zero-order valence-electron chi connectivity index (χ0n) is 8.55. The summed E-state index contributed by atoms with van der Waals surface area (Å²) < 4.78 is 1.21. The number of benzene rings is 1. The second kappa shape index (κ2) is 3.21. The molecule has 0 fully saturated rings. The van der Waals surface area contributed by atoms with Crippen LogP contribution >= 0.6 is 11.3 Å². The molecule has 1 aromatic carbocycles. The Bertz CT molecular complexity index is 469. The van der Waals surface area contributed by atoms with E-state index in [1.165, 1.54) is 21.2 Å². The average Bonchev–Trinajstić information content (AvgIpc) is 2.48. The molecule has 1 nitrogen and oxygen atoms in total. The van der Waals surface area contributed by atoms with Gasteiger partial charge in [0.2, 0.25) is 0 Å². The summed E-state index contributed by atoms with van der Waals surface area (Å²) in [6.07, 6.45) is 0. The highest BCUT2D eigenvalue weighted by Crippen LogP contribution is 2.28. The molecule has 0 radical (unpaired) electrons. The third-order valence-electron chi connectivity index (χ3n) is 2.48. The molecule has 0 atom stereocenters. The van der Waals surface area contributed by atoms with E-state index < -0.39 is 0 Å². The van der Waals surface area contributed by atoms with Gasteiger partial charge in [-0.25, -0.2) is 0 Å². The van der Waals surface area contributed by atoms with Gasteiger partial charge in [0.25, 0.3) is 0 Å². The van der Waals surface area contributed by atoms with Crippen LogP contribution in [0.2, 0.25) is 0 Å². The molecular weight excluding hydrogens is 192 g/mol. The zero-order valence-corrected chi connectivity index (χ0v) is 9.37. The molecule has 0 amide bonds. The van der Waals surface area contributed by atoms with Crippen LogP contribution < -0.4 is 0 Å². The number of thiophene rings is 1. The highest BCUT2D eigenvalue weighted by atomic mass is 32.1. The topological polar surface area (TPSA) is 17.1 Å². The van der Waals surface area contributed by atoms with Gasteiger partial charge in [-0.1, -0.05) is 6.07 Å². The van der Waals surface area contributed by atoms with Crippen molar-refractivity contribution >= 4 is 27.2 Å². The number of hydrogen-bond donors (Lipinski definition) is 0. The van der Waals surface area contributed by atoms with Crippen molar-refractivity contribution in [1.82, 2.24) is 0 Å². The molecule has 0 spiro atoms. The van der Waals surface area contributed by atoms with Crippen molar-refractivity contribution in [2.75, 3.05) is 0 Å². The van der Waals surface area contributed by atoms with Crippen LogP contribution in [0.15, 0.2) is 18.2 Å². The van der Waals surface area contributed by atoms with Gasteiger partial charge >= 0.3 is 0 Å². The lowest BCUT2D eigenvalue weighted by Gasteiger charge is -1.97. The first-order valence-electron chi connectivity index (χ1n) is 4.59. The molecule has 14 heavy (non-hydrogen) atoms. The van der Waals surface area contributed by atoms with Crippen LogP contribution in [0, 0.1) is 13.8 Å². The molecule has 0 aliphatic carbocycles. The summed E-state index contributed by atoms with van der Waals surface area (Å²) in [6.45, 7) is 5.81. The molecule has 0 unspecified atom stereocenters. The normalized spacial score (nSPS) is 10.8. The van der Waals surface area contributed by atoms with E-state index in [1.807, 2.05) is 6.07 Å². The maximum absolute atomic E-state index is 11.2. The first-order valence-corrected chi connectivity index (χ1v) is 5.41. The van der Waals surface area contributed by atoms with E-state index in [-0.39, 0.29) is 5.78 Å². The van der Waals surface area contributed by atoms with Crippen LogP contribution in [0.25, 0.3) is 10.1 Å². The Kier molecular flexibility index (Phi) is 2.16. The van der Waals surface area contributed by atoms with Crippen molar-refractivity contribution in [2.24, 2.45) is 0 Å². The lowest BCUT2D eigenvalue weighted by Crippen LogP contribution is -1.83. The van der Waals surface area contributed by atoms with Crippen molar-refractivity contribution in [3.8, 4) is 0 Å². The summed E-state index contributed by atoms with van der Waals surface area (Å²) in [5.41, 5.74) is 2.57. The number of Topliss-reactive ketones (excluding diaryl/α,β-unsaturated/α-hetero) is 1. The van der Waals surface area contributed by atoms with Crippen LogP contribution in [-0.4, -0.2) is 5.78 Å². The molecule has 0 saturated carbocycles. The first-order chi connectivity index (χ1) is 6.58. The predicted octanol–water partition coefficient (Wildman–Crippen LogP) is 3.72. The predicted molar refractivity (Wildman–Crippen MR) is 61.3 cm³/mol. The van der Waals surface area contributed by atoms with Gasteiger partial charge in [0.05, 0.1) is 4.88 Å². The molecule has 1 aromatic heterocycles. The Hall–Kier alpha value is -1.15. The van der Waals surface area contributed by atoms with Gasteiger partial charge in [-0.3, -0.25) is 4.79 Å². The van der Waals surface area contributed by atoms with Gasteiger partial charge < -0.3 is 0 Å². The van der Waals surface area contributed by atoms with Crippen LogP contribution in [0.3, 0.4) is 0 Å². The maximum atomic E-state index is 11.2. The summed E-state index contributed by atoms with van der Waals surface area (Å²) in [7, 11) is 0. The van der Waals surface area contributed by atoms with Crippen LogP contribution in [-0.2, 0) is 0 Å². The second-order valence-corrected chi connectivity index (χ2v) is 4.72. The van der Waals surface area contributed by atoms with Crippen molar-refractivity contribution in [1.29, 1.82) is 0 Å². The smallest absolute Gasteiger partial charge is 0.169 e. The van der Waals surface area contributed by atoms with Gasteiger partial charge in [-0.2, -0.15) is 0 Å². The fourth-order valence-corrected chi connectivity index (χ4v) is 2.51. The minimum Gasteiger partial charge on any atom is -0.294 e. The minimum absolute atomic E-state index is 0.154. The van der Waals surface area contributed by atoms with E-state index in [4.69, 9.17) is 0 Å². The van der Waals surface area contributed by atoms with Crippen molar-refractivity contribution in [2.45, 2.75) is 20.8 Å². The number of fused-ring (bicyclic) bond motifs is 1. The molecule has 0 bridgehead atoms. The van der Waals surface area contributed by atoms with Gasteiger partial charge in [0, 0.05) is 4.70 Å². The minimum atomic E-state index is 0.154. The standard InChI is InChI=1S/C12H12OS/c1-7-4-10-6-11(9(3)13)14-12(10)5-8(7)2/h4-6H,1-3H3. The number of rotatable bonds is 1. The molecule has 0 N–H and O–H groups in total. The SMILES string of the molecule is CC(=O)c1cc2cc(C)c(C)cc2s1. The van der Waals surface area contributed by atoms with E-state index >= 15 is 0 Å². The number of carbonyl (C=O) groups excluding carboxylic acids is 1. The summed E-state index contributed by atoms with van der Waals surface area (Å²) in [5, 5.41) is 1.18. The van der Waals surface area contributed by atoms with Crippen molar-refractivity contribution in [3.05, 3.63) is 34.2 Å². The summed E-state index contributed by atoms with van der Waals surface area (Å²) >= 11 is 1.58. The molecule has 0 aliphatic rings. The first kappa shape index (κ1) is 9.41. The number of ketones is 1. The summed E-state index contributed by atoms with van der Waals surface area (Å²) in [4.78, 5) is 12.0. The quantitative estimate of drug-likeness (QED) is 0.647. The zero-order chi connectivity index (χ0) is 10.3. The third kappa shape index (κ3) is 1.46. The second-order valence-electron chi connectivity index (χ2n) is 3.64. The van der Waals surface area contributed by atoms with Gasteiger partial charge in [0.15, 0.2) is 5.78 Å². The number of hydrogen-bond acceptors (Lipinski definition) is 2. The Morgan fingerprint density at radius 1 is 1.14 bits per heavy atom. The highest BCUT2D eigenvalue weighted by molar-refractivity contribution is 7.20. The van der Waals surface area contributed by atoms with E-state index in [0.717, 1.165) is 4.88 Å². The van der Waals surface area contributed by atoms with Gasteiger partial charge in [0.1, 0.15) is 0 Å². The largest absolute Gasteiger partial charge is 0.294 e. The van der Waals surface area contributed by atoms with E-state index in [0.29, 0.717) is 0 Å². The Morgan fingerprint density at radius 3 is 2.43 bits per heavy atom.